The van der Waals surface area contributed by atoms with E-state index in [4.69, 9.17) is 4.99 Å². The lowest BCUT2D eigenvalue weighted by Gasteiger charge is -2.12. The quantitative estimate of drug-likeness (QED) is 0.251. The molecular formula is C29H28BrN3OS. The Morgan fingerprint density at radius 1 is 1.09 bits per heavy atom. The number of nitrogens with zero attached hydrogens (tertiary/aromatic N) is 2. The van der Waals surface area contributed by atoms with Gasteiger partial charge in [0.05, 0.1) is 5.56 Å². The number of amides is 1. The van der Waals surface area contributed by atoms with Crippen molar-refractivity contribution in [1.29, 1.82) is 0 Å². The van der Waals surface area contributed by atoms with Crippen molar-refractivity contribution < 1.29 is 4.79 Å². The number of halogens is 1. The number of carbonyl (C=O) groups is 1. The Hall–Kier alpha value is -2.96. The van der Waals surface area contributed by atoms with Gasteiger partial charge in [-0.2, -0.15) is 0 Å². The summed E-state index contributed by atoms with van der Waals surface area (Å²) >= 11 is 5.19. The van der Waals surface area contributed by atoms with Crippen LogP contribution in [0.25, 0.3) is 5.69 Å². The first-order valence-corrected chi connectivity index (χ1v) is 13.6. The summed E-state index contributed by atoms with van der Waals surface area (Å²) in [6.45, 7) is 4.74. The highest BCUT2D eigenvalue weighted by molar-refractivity contribution is 9.10. The molecular weight excluding hydrogens is 518 g/mol. The van der Waals surface area contributed by atoms with Crippen LogP contribution in [-0.4, -0.2) is 16.7 Å². The molecule has 0 aliphatic heterocycles. The van der Waals surface area contributed by atoms with Crippen LogP contribution in [0.2, 0.25) is 0 Å². The molecule has 1 N–H and O–H groups in total. The summed E-state index contributed by atoms with van der Waals surface area (Å²) in [5, 5.41) is 3.94. The van der Waals surface area contributed by atoms with Crippen LogP contribution in [0.15, 0.2) is 70.1 Å². The van der Waals surface area contributed by atoms with E-state index < -0.39 is 0 Å². The molecule has 1 amide bonds. The Morgan fingerprint density at radius 3 is 2.60 bits per heavy atom. The van der Waals surface area contributed by atoms with E-state index in [1.54, 1.807) is 11.3 Å². The van der Waals surface area contributed by atoms with Crippen LogP contribution in [0.3, 0.4) is 0 Å². The zero-order valence-electron chi connectivity index (χ0n) is 20.0. The van der Waals surface area contributed by atoms with Crippen LogP contribution in [-0.2, 0) is 19.4 Å². The van der Waals surface area contributed by atoms with Gasteiger partial charge in [-0.1, -0.05) is 46.3 Å². The summed E-state index contributed by atoms with van der Waals surface area (Å²) in [6.07, 6.45) is 6.21. The monoisotopic (exact) mass is 545 g/mol. The number of hydrogen-bond donors (Lipinski definition) is 1. The van der Waals surface area contributed by atoms with Crippen molar-refractivity contribution in [2.24, 2.45) is 4.99 Å². The normalized spacial score (nSPS) is 13.2. The third kappa shape index (κ3) is 5.04. The summed E-state index contributed by atoms with van der Waals surface area (Å²) in [5.74, 6) is -0.0271. The smallest absolute Gasteiger partial charge is 0.254 e. The Bertz CT molecular complexity index is 1380. The summed E-state index contributed by atoms with van der Waals surface area (Å²) < 4.78 is 3.30. The van der Waals surface area contributed by atoms with Gasteiger partial charge in [-0.05, 0) is 81.0 Å². The van der Waals surface area contributed by atoms with E-state index in [2.05, 4.69) is 70.0 Å². The Labute approximate surface area is 218 Å². The van der Waals surface area contributed by atoms with E-state index in [-0.39, 0.29) is 5.91 Å². The maximum absolute atomic E-state index is 13.3. The molecule has 0 saturated heterocycles. The Balaban J connectivity index is 1.45. The van der Waals surface area contributed by atoms with Crippen LogP contribution >= 0.6 is 27.3 Å². The van der Waals surface area contributed by atoms with Gasteiger partial charge in [0, 0.05) is 44.7 Å². The molecule has 1 aliphatic rings. The standard InChI is InChI=1S/C29H28BrN3OS/c1-19-16-22(20(2)33(19)24-14-12-23(30)13-15-24)18-32-29-27(25-10-6-7-11-26(25)35-29)28(34)31-17-21-8-4-3-5-9-21/h3-5,8-9,12-16,18H,6-7,10-11,17H2,1-2H3,(H,31,34). The first-order valence-electron chi connectivity index (χ1n) is 12.0. The fourth-order valence-corrected chi connectivity index (χ4v) is 6.27. The van der Waals surface area contributed by atoms with Gasteiger partial charge >= 0.3 is 0 Å². The zero-order chi connectivity index (χ0) is 24.4. The first-order chi connectivity index (χ1) is 17.0. The number of thiophene rings is 1. The number of rotatable bonds is 6. The van der Waals surface area contributed by atoms with Crippen molar-refractivity contribution in [3.63, 3.8) is 0 Å². The molecule has 2 aromatic heterocycles. The topological polar surface area (TPSA) is 46.4 Å². The van der Waals surface area contributed by atoms with Gasteiger partial charge in [0.1, 0.15) is 5.00 Å². The second-order valence-corrected chi connectivity index (χ2v) is 11.0. The molecule has 0 atom stereocenters. The number of aromatic nitrogens is 1. The number of hydrogen-bond acceptors (Lipinski definition) is 3. The van der Waals surface area contributed by atoms with Gasteiger partial charge in [0.25, 0.3) is 5.91 Å². The van der Waals surface area contributed by atoms with Gasteiger partial charge < -0.3 is 9.88 Å². The minimum Gasteiger partial charge on any atom is -0.348 e. The number of fused-ring (bicyclic) bond motifs is 1. The molecule has 0 radical (unpaired) electrons. The summed E-state index contributed by atoms with van der Waals surface area (Å²) in [7, 11) is 0. The van der Waals surface area contributed by atoms with Gasteiger partial charge in [0.15, 0.2) is 0 Å². The second-order valence-electron chi connectivity index (χ2n) is 8.96. The van der Waals surface area contributed by atoms with Crippen molar-refractivity contribution in [2.75, 3.05) is 0 Å². The molecule has 4 nitrogen and oxygen atoms in total. The summed E-state index contributed by atoms with van der Waals surface area (Å²) in [6, 6.07) is 20.5. The molecule has 2 heterocycles. The van der Waals surface area contributed by atoms with E-state index in [0.29, 0.717) is 6.54 Å². The van der Waals surface area contributed by atoms with Gasteiger partial charge in [-0.3, -0.25) is 4.79 Å². The molecule has 6 heteroatoms. The molecule has 0 unspecified atom stereocenters. The largest absolute Gasteiger partial charge is 0.348 e. The van der Waals surface area contributed by atoms with E-state index >= 15 is 0 Å². The highest BCUT2D eigenvalue weighted by Gasteiger charge is 2.25. The molecule has 2 aromatic carbocycles. The predicted octanol–water partition coefficient (Wildman–Crippen LogP) is 7.48. The van der Waals surface area contributed by atoms with E-state index in [0.717, 1.165) is 62.5 Å². The molecule has 0 fully saturated rings. The molecule has 35 heavy (non-hydrogen) atoms. The summed E-state index contributed by atoms with van der Waals surface area (Å²) in [5.41, 5.74) is 7.51. The fourth-order valence-electron chi connectivity index (χ4n) is 4.78. The molecule has 0 spiro atoms. The van der Waals surface area contributed by atoms with Gasteiger partial charge in [-0.15, -0.1) is 11.3 Å². The van der Waals surface area contributed by atoms with Crippen LogP contribution in [0.1, 0.15) is 56.2 Å². The van der Waals surface area contributed by atoms with Crippen molar-refractivity contribution in [3.8, 4) is 5.69 Å². The number of benzene rings is 2. The average Bonchev–Trinajstić information content (AvgIpc) is 3.38. The number of carbonyl (C=O) groups excluding carboxylic acids is 1. The number of aryl methyl sites for hydroxylation is 2. The van der Waals surface area contributed by atoms with Crippen LogP contribution in [0.4, 0.5) is 5.00 Å². The van der Waals surface area contributed by atoms with E-state index in [1.807, 2.05) is 36.5 Å². The molecule has 1 aliphatic carbocycles. The second kappa shape index (κ2) is 10.3. The zero-order valence-corrected chi connectivity index (χ0v) is 22.4. The number of aliphatic imine (C=N–C) groups is 1. The van der Waals surface area contributed by atoms with E-state index in [1.165, 1.54) is 16.9 Å². The van der Waals surface area contributed by atoms with E-state index in [9.17, 15) is 4.79 Å². The fraction of sp³-hybridized carbons (Fsp3) is 0.241. The van der Waals surface area contributed by atoms with Crippen molar-refractivity contribution >= 4 is 44.4 Å². The molecule has 0 bridgehead atoms. The maximum atomic E-state index is 13.3. The van der Waals surface area contributed by atoms with Crippen molar-refractivity contribution in [1.82, 2.24) is 9.88 Å². The molecule has 5 rings (SSSR count). The van der Waals surface area contributed by atoms with Gasteiger partial charge in [-0.25, -0.2) is 4.99 Å². The van der Waals surface area contributed by atoms with Crippen molar-refractivity contribution in [2.45, 2.75) is 46.1 Å². The van der Waals surface area contributed by atoms with Crippen LogP contribution in [0, 0.1) is 13.8 Å². The van der Waals surface area contributed by atoms with Crippen LogP contribution < -0.4 is 5.32 Å². The van der Waals surface area contributed by atoms with Crippen LogP contribution in [0.5, 0.6) is 0 Å². The minimum atomic E-state index is -0.0271. The lowest BCUT2D eigenvalue weighted by Crippen LogP contribution is -2.24. The third-order valence-electron chi connectivity index (χ3n) is 6.55. The lowest BCUT2D eigenvalue weighted by molar-refractivity contribution is 0.0951. The maximum Gasteiger partial charge on any atom is 0.254 e. The minimum absolute atomic E-state index is 0.0271. The average molecular weight is 547 g/mol. The lowest BCUT2D eigenvalue weighted by atomic mass is 9.95. The Kier molecular flexibility index (Phi) is 7.02. The summed E-state index contributed by atoms with van der Waals surface area (Å²) in [4.78, 5) is 19.5. The molecule has 178 valence electrons. The predicted molar refractivity (Wildman–Crippen MR) is 149 cm³/mol. The third-order valence-corrected chi connectivity index (χ3v) is 8.28. The SMILES string of the molecule is Cc1cc(C=Nc2sc3c(c2C(=O)NCc2ccccc2)CCCC3)c(C)n1-c1ccc(Br)cc1. The molecule has 4 aromatic rings. The molecule has 0 saturated carbocycles. The highest BCUT2D eigenvalue weighted by atomic mass is 79.9. The van der Waals surface area contributed by atoms with Crippen molar-refractivity contribution in [3.05, 3.63) is 104 Å². The Morgan fingerprint density at radius 2 is 1.83 bits per heavy atom. The number of nitrogens with one attached hydrogen (secondary N) is 1. The van der Waals surface area contributed by atoms with Gasteiger partial charge in [0.2, 0.25) is 0 Å². The first kappa shape index (κ1) is 23.8. The highest BCUT2D eigenvalue weighted by Crippen LogP contribution is 2.40.